The largest absolute Gasteiger partial charge is 0.445 e. The van der Waals surface area contributed by atoms with Gasteiger partial charge >= 0.3 is 24.4 Å². The maximum atomic E-state index is 12.9. The average molecular weight is 692 g/mol. The van der Waals surface area contributed by atoms with Crippen molar-refractivity contribution in [3.63, 3.8) is 0 Å². The summed E-state index contributed by atoms with van der Waals surface area (Å²) in [5.41, 5.74) is 1.90. The van der Waals surface area contributed by atoms with Gasteiger partial charge in [-0.05, 0) is 43.9 Å². The number of carbonyl (C=O) groups excluding carboxylic acids is 4. The Morgan fingerprint density at radius 2 is 0.980 bits per heavy atom. The number of benzene rings is 3. The highest BCUT2D eigenvalue weighted by Gasteiger charge is 2.20. The number of nitrogens with one attached hydrogen (secondary N) is 4. The molecule has 1 atom stereocenters. The first-order valence-corrected chi connectivity index (χ1v) is 16.6. The molecule has 13 nitrogen and oxygen atoms in total. The van der Waals surface area contributed by atoms with Gasteiger partial charge in [0.05, 0.1) is 0 Å². The van der Waals surface area contributed by atoms with Crippen LogP contribution in [0, 0.1) is 0 Å². The van der Waals surface area contributed by atoms with Gasteiger partial charge < -0.3 is 40.2 Å². The third-order valence-electron chi connectivity index (χ3n) is 6.99. The SMILES string of the molecule is CC(C)(C)OC(=O)NCC[C@@H](CN(CCNC(=O)OCc1ccccc1)CCNC(=O)OCc1ccccc1)NC(=O)OCc1ccccc1. The molecule has 0 aliphatic carbocycles. The van der Waals surface area contributed by atoms with Gasteiger partial charge in [-0.25, -0.2) is 19.2 Å². The molecule has 3 aromatic rings. The van der Waals surface area contributed by atoms with Crippen molar-refractivity contribution in [1.29, 1.82) is 0 Å². The molecule has 0 saturated carbocycles. The van der Waals surface area contributed by atoms with E-state index >= 15 is 0 Å². The third kappa shape index (κ3) is 17.7. The molecule has 0 radical (unpaired) electrons. The molecule has 4 amide bonds. The highest BCUT2D eigenvalue weighted by Crippen LogP contribution is 2.07. The van der Waals surface area contributed by atoms with Gasteiger partial charge in [-0.1, -0.05) is 91.0 Å². The summed E-state index contributed by atoms with van der Waals surface area (Å²) >= 11 is 0. The fraction of sp³-hybridized carbons (Fsp3) is 0.405. The maximum Gasteiger partial charge on any atom is 0.407 e. The van der Waals surface area contributed by atoms with Crippen molar-refractivity contribution >= 4 is 24.4 Å². The zero-order valence-corrected chi connectivity index (χ0v) is 29.0. The number of alkyl carbamates (subject to hydrolysis) is 4. The van der Waals surface area contributed by atoms with Gasteiger partial charge in [0.25, 0.3) is 0 Å². The van der Waals surface area contributed by atoms with E-state index in [-0.39, 0.29) is 39.5 Å². The van der Waals surface area contributed by atoms with Gasteiger partial charge in [-0.2, -0.15) is 0 Å². The van der Waals surface area contributed by atoms with E-state index in [1.807, 2.05) is 95.9 Å². The quantitative estimate of drug-likeness (QED) is 0.129. The van der Waals surface area contributed by atoms with Gasteiger partial charge in [-0.15, -0.1) is 0 Å². The van der Waals surface area contributed by atoms with E-state index < -0.39 is 36.0 Å². The Kier molecular flexibility index (Phi) is 16.9. The van der Waals surface area contributed by atoms with E-state index in [1.54, 1.807) is 20.8 Å². The smallest absolute Gasteiger partial charge is 0.407 e. The van der Waals surface area contributed by atoms with Crippen molar-refractivity contribution < 1.29 is 38.1 Å². The lowest BCUT2D eigenvalue weighted by atomic mass is 10.2. The number of nitrogens with zero attached hydrogens (tertiary/aromatic N) is 1. The number of amides is 4. The van der Waals surface area contributed by atoms with Crippen molar-refractivity contribution in [3.05, 3.63) is 108 Å². The van der Waals surface area contributed by atoms with Crippen LogP contribution in [0.15, 0.2) is 91.0 Å². The summed E-state index contributed by atoms with van der Waals surface area (Å²) in [5.74, 6) is 0. The number of carbonyl (C=O) groups is 4. The molecule has 0 saturated heterocycles. The highest BCUT2D eigenvalue weighted by molar-refractivity contribution is 5.69. The predicted octanol–water partition coefficient (Wildman–Crippen LogP) is 5.35. The minimum atomic E-state index is -0.662. The van der Waals surface area contributed by atoms with Crippen molar-refractivity contribution in [2.75, 3.05) is 39.3 Å². The summed E-state index contributed by atoms with van der Waals surface area (Å²) in [6, 6.07) is 27.5. The second-order valence-corrected chi connectivity index (χ2v) is 12.4. The Labute approximate surface area is 294 Å². The lowest BCUT2D eigenvalue weighted by Crippen LogP contribution is -2.49. The molecule has 0 bridgehead atoms. The molecular formula is C37H49N5O8. The highest BCUT2D eigenvalue weighted by atomic mass is 16.6. The molecule has 270 valence electrons. The minimum absolute atomic E-state index is 0.0866. The van der Waals surface area contributed by atoms with Crippen LogP contribution in [0.5, 0.6) is 0 Å². The predicted molar refractivity (Wildman–Crippen MR) is 188 cm³/mol. The molecule has 0 aliphatic heterocycles. The lowest BCUT2D eigenvalue weighted by Gasteiger charge is -2.28. The number of hydrogen-bond acceptors (Lipinski definition) is 9. The lowest BCUT2D eigenvalue weighted by molar-refractivity contribution is 0.0525. The van der Waals surface area contributed by atoms with Crippen molar-refractivity contribution in [3.8, 4) is 0 Å². The summed E-state index contributed by atoms with van der Waals surface area (Å²) in [6.45, 7) is 7.36. The van der Waals surface area contributed by atoms with Crippen LogP contribution >= 0.6 is 0 Å². The summed E-state index contributed by atoms with van der Waals surface area (Å²) < 4.78 is 21.4. The van der Waals surface area contributed by atoms with Crippen LogP contribution in [0.25, 0.3) is 0 Å². The van der Waals surface area contributed by atoms with Crippen molar-refractivity contribution in [1.82, 2.24) is 26.2 Å². The van der Waals surface area contributed by atoms with E-state index in [4.69, 9.17) is 18.9 Å². The Bertz CT molecular complexity index is 1380. The summed E-state index contributed by atoms with van der Waals surface area (Å²) in [5, 5.41) is 11.1. The van der Waals surface area contributed by atoms with Crippen LogP contribution < -0.4 is 21.3 Å². The van der Waals surface area contributed by atoms with Crippen LogP contribution in [0.2, 0.25) is 0 Å². The molecule has 0 fully saturated rings. The molecular weight excluding hydrogens is 642 g/mol. The summed E-state index contributed by atoms with van der Waals surface area (Å²) in [4.78, 5) is 51.9. The maximum absolute atomic E-state index is 12.9. The third-order valence-corrected chi connectivity index (χ3v) is 6.99. The first kappa shape index (κ1) is 39.1. The van der Waals surface area contributed by atoms with Crippen LogP contribution in [-0.2, 0) is 38.8 Å². The normalized spacial score (nSPS) is 11.5. The number of rotatable bonds is 18. The molecule has 0 spiro atoms. The van der Waals surface area contributed by atoms with Gasteiger partial charge in [0, 0.05) is 45.3 Å². The molecule has 3 rings (SSSR count). The average Bonchev–Trinajstić information content (AvgIpc) is 3.09. The molecule has 0 aliphatic rings. The second-order valence-electron chi connectivity index (χ2n) is 12.4. The fourth-order valence-corrected chi connectivity index (χ4v) is 4.59. The van der Waals surface area contributed by atoms with Gasteiger partial charge in [-0.3, -0.25) is 4.90 Å². The Balaban J connectivity index is 1.59. The summed E-state index contributed by atoms with van der Waals surface area (Å²) in [7, 11) is 0. The molecule has 50 heavy (non-hydrogen) atoms. The topological polar surface area (TPSA) is 157 Å². The Hall–Kier alpha value is -5.30. The van der Waals surface area contributed by atoms with E-state index in [1.165, 1.54) is 0 Å². The molecule has 4 N–H and O–H groups in total. The first-order chi connectivity index (χ1) is 24.1. The van der Waals surface area contributed by atoms with E-state index in [0.717, 1.165) is 16.7 Å². The molecule has 3 aromatic carbocycles. The van der Waals surface area contributed by atoms with E-state index in [0.29, 0.717) is 26.1 Å². The number of ether oxygens (including phenoxy) is 4. The van der Waals surface area contributed by atoms with Crippen molar-refractivity contribution in [2.24, 2.45) is 0 Å². The monoisotopic (exact) mass is 691 g/mol. The molecule has 0 heterocycles. The minimum Gasteiger partial charge on any atom is -0.445 e. The molecule has 0 unspecified atom stereocenters. The molecule has 13 heteroatoms. The Morgan fingerprint density at radius 3 is 1.40 bits per heavy atom. The zero-order chi connectivity index (χ0) is 36.0. The van der Waals surface area contributed by atoms with Crippen LogP contribution in [0.4, 0.5) is 19.2 Å². The number of hydrogen-bond donors (Lipinski definition) is 4. The standard InChI is InChI=1S/C37H49N5O8/c1-37(2,3)50-35(45)38-20-19-32(41-36(46)49-28-31-17-11-6-12-18-31)25-42(23-21-39-33(43)47-26-29-13-7-4-8-14-29)24-22-40-34(44)48-27-30-15-9-5-10-16-30/h4-18,32H,19-28H2,1-3H3,(H,38,45)(H,39,43)(H,40,44)(H,41,46)/t32-/m0/s1. The molecule has 0 aromatic heterocycles. The second kappa shape index (κ2) is 21.6. The van der Waals surface area contributed by atoms with Crippen LogP contribution in [-0.4, -0.2) is 80.2 Å². The van der Waals surface area contributed by atoms with E-state index in [9.17, 15) is 19.2 Å². The van der Waals surface area contributed by atoms with Crippen LogP contribution in [0.1, 0.15) is 43.9 Å². The summed E-state index contributed by atoms with van der Waals surface area (Å²) in [6.07, 6.45) is -2.00. The Morgan fingerprint density at radius 1 is 0.580 bits per heavy atom. The fourth-order valence-electron chi connectivity index (χ4n) is 4.59. The van der Waals surface area contributed by atoms with Gasteiger partial charge in [0.15, 0.2) is 0 Å². The zero-order valence-electron chi connectivity index (χ0n) is 29.0. The van der Waals surface area contributed by atoms with Gasteiger partial charge in [0.2, 0.25) is 0 Å². The van der Waals surface area contributed by atoms with Crippen LogP contribution in [0.3, 0.4) is 0 Å². The first-order valence-electron chi connectivity index (χ1n) is 16.6. The van der Waals surface area contributed by atoms with E-state index in [2.05, 4.69) is 21.3 Å². The van der Waals surface area contributed by atoms with Gasteiger partial charge in [0.1, 0.15) is 25.4 Å². The van der Waals surface area contributed by atoms with Crippen molar-refractivity contribution in [2.45, 2.75) is 58.7 Å².